The van der Waals surface area contributed by atoms with Gasteiger partial charge < -0.3 is 0 Å². The van der Waals surface area contributed by atoms with Crippen LogP contribution in [0.2, 0.25) is 0 Å². The molecular formula is C45H30NP. The van der Waals surface area contributed by atoms with Crippen molar-refractivity contribution < 1.29 is 0 Å². The molecule has 0 atom stereocenters. The molecule has 9 rings (SSSR count). The van der Waals surface area contributed by atoms with Gasteiger partial charge in [-0.15, -0.1) is 0 Å². The van der Waals surface area contributed by atoms with Crippen LogP contribution >= 0.6 is 7.92 Å². The highest BCUT2D eigenvalue weighted by atomic mass is 31.1. The van der Waals surface area contributed by atoms with Gasteiger partial charge in [-0.05, 0) is 57.4 Å². The average Bonchev–Trinajstić information content (AvgIpc) is 3.15. The Morgan fingerprint density at radius 1 is 0.319 bits per heavy atom. The van der Waals surface area contributed by atoms with E-state index in [2.05, 4.69) is 182 Å². The Morgan fingerprint density at radius 2 is 0.809 bits per heavy atom. The third-order valence-corrected chi connectivity index (χ3v) is 11.6. The molecule has 2 heteroatoms. The fourth-order valence-electron chi connectivity index (χ4n) is 6.98. The Morgan fingerprint density at radius 3 is 1.38 bits per heavy atom. The van der Waals surface area contributed by atoms with E-state index < -0.39 is 7.92 Å². The first-order valence-corrected chi connectivity index (χ1v) is 17.4. The monoisotopic (exact) mass is 615 g/mol. The highest BCUT2D eigenvalue weighted by Gasteiger charge is 2.18. The number of aromatic nitrogens is 1. The van der Waals surface area contributed by atoms with Gasteiger partial charge in [-0.2, -0.15) is 0 Å². The summed E-state index contributed by atoms with van der Waals surface area (Å²) in [5.41, 5.74) is 6.95. The van der Waals surface area contributed by atoms with Crippen LogP contribution in [-0.4, -0.2) is 4.98 Å². The SMILES string of the molecule is c1ccc(P(c2ccccc2)c2ccc(-c3cccc(-c4c5ccc6ccccc6c5nc5c4ccc4ccccc45)c3)cc2)cc1. The Kier molecular flexibility index (Phi) is 6.85. The van der Waals surface area contributed by atoms with E-state index in [1.165, 1.54) is 70.5 Å². The number of nitrogens with zero attached hydrogens (tertiary/aromatic N) is 1. The highest BCUT2D eigenvalue weighted by molar-refractivity contribution is 7.79. The van der Waals surface area contributed by atoms with Crippen LogP contribution in [0.25, 0.3) is 65.6 Å². The van der Waals surface area contributed by atoms with Gasteiger partial charge in [0.2, 0.25) is 0 Å². The minimum Gasteiger partial charge on any atom is -0.246 e. The number of pyridine rings is 1. The van der Waals surface area contributed by atoms with Crippen molar-refractivity contribution in [1.82, 2.24) is 4.98 Å². The van der Waals surface area contributed by atoms with Gasteiger partial charge in [-0.3, -0.25) is 0 Å². The van der Waals surface area contributed by atoms with E-state index in [0.717, 1.165) is 11.0 Å². The number of benzene rings is 8. The summed E-state index contributed by atoms with van der Waals surface area (Å²) in [6, 6.07) is 66.2. The maximum absolute atomic E-state index is 5.38. The molecule has 220 valence electrons. The van der Waals surface area contributed by atoms with Gasteiger partial charge in [0.15, 0.2) is 0 Å². The van der Waals surface area contributed by atoms with E-state index in [4.69, 9.17) is 4.98 Å². The van der Waals surface area contributed by atoms with Crippen molar-refractivity contribution in [2.24, 2.45) is 0 Å². The third kappa shape index (κ3) is 4.88. The molecule has 0 aliphatic heterocycles. The lowest BCUT2D eigenvalue weighted by atomic mass is 9.91. The first kappa shape index (κ1) is 27.7. The normalized spacial score (nSPS) is 11.6. The molecule has 9 aromatic rings. The first-order valence-electron chi connectivity index (χ1n) is 16.1. The zero-order valence-corrected chi connectivity index (χ0v) is 26.6. The molecule has 0 saturated heterocycles. The maximum atomic E-state index is 5.38. The largest absolute Gasteiger partial charge is 0.246 e. The third-order valence-electron chi connectivity index (χ3n) is 9.20. The fraction of sp³-hybridized carbons (Fsp3) is 0. The first-order chi connectivity index (χ1) is 23.3. The van der Waals surface area contributed by atoms with Gasteiger partial charge in [0.1, 0.15) is 0 Å². The second kappa shape index (κ2) is 11.6. The highest BCUT2D eigenvalue weighted by Crippen LogP contribution is 2.41. The van der Waals surface area contributed by atoms with E-state index in [9.17, 15) is 0 Å². The molecule has 1 heterocycles. The predicted octanol–water partition coefficient (Wildman–Crippen LogP) is 10.8. The summed E-state index contributed by atoms with van der Waals surface area (Å²) in [5, 5.41) is 11.2. The van der Waals surface area contributed by atoms with Gasteiger partial charge in [-0.25, -0.2) is 4.98 Å². The second-order valence-electron chi connectivity index (χ2n) is 12.0. The smallest absolute Gasteiger partial charge is 0.0794 e. The fourth-order valence-corrected chi connectivity index (χ4v) is 9.26. The summed E-state index contributed by atoms with van der Waals surface area (Å²) in [4.78, 5) is 5.38. The lowest BCUT2D eigenvalue weighted by Gasteiger charge is -2.19. The Balaban J connectivity index is 1.21. The summed E-state index contributed by atoms with van der Waals surface area (Å²) in [6.07, 6.45) is 0. The molecule has 47 heavy (non-hydrogen) atoms. The number of hydrogen-bond donors (Lipinski definition) is 0. The van der Waals surface area contributed by atoms with Crippen LogP contribution in [0.15, 0.2) is 182 Å². The molecule has 0 fully saturated rings. The molecule has 0 radical (unpaired) electrons. The van der Waals surface area contributed by atoms with Crippen LogP contribution in [0.5, 0.6) is 0 Å². The molecule has 8 aromatic carbocycles. The van der Waals surface area contributed by atoms with Crippen LogP contribution in [-0.2, 0) is 0 Å². The van der Waals surface area contributed by atoms with Crippen LogP contribution in [0.3, 0.4) is 0 Å². The van der Waals surface area contributed by atoms with Crippen LogP contribution in [0.1, 0.15) is 0 Å². The van der Waals surface area contributed by atoms with Crippen molar-refractivity contribution in [2.45, 2.75) is 0 Å². The average molecular weight is 616 g/mol. The van der Waals surface area contributed by atoms with Gasteiger partial charge in [0.25, 0.3) is 0 Å². The van der Waals surface area contributed by atoms with Gasteiger partial charge in [-0.1, -0.05) is 176 Å². The topological polar surface area (TPSA) is 12.9 Å². The standard InChI is InChI=1S/C45H30NP/c1-3-16-36(17-4-1)47(37-18-5-2-6-19-37)38-26-22-31(23-27-38)34-14-11-15-35(30-34)43-41-28-24-32-12-7-9-20-39(32)44(41)46-45-40-21-10-8-13-33(40)25-29-42(43)45/h1-30H. The second-order valence-corrected chi connectivity index (χ2v) is 14.2. The lowest BCUT2D eigenvalue weighted by molar-refractivity contribution is 1.53. The van der Waals surface area contributed by atoms with Crippen LogP contribution < -0.4 is 15.9 Å². The summed E-state index contributed by atoms with van der Waals surface area (Å²) in [7, 11) is -0.646. The predicted molar refractivity (Wildman–Crippen MR) is 204 cm³/mol. The molecule has 1 nitrogen and oxygen atoms in total. The molecule has 0 unspecified atom stereocenters. The Bertz CT molecular complexity index is 2420. The van der Waals surface area contributed by atoms with E-state index in [-0.39, 0.29) is 0 Å². The molecular weight excluding hydrogens is 585 g/mol. The molecule has 0 N–H and O–H groups in total. The Labute approximate surface area is 275 Å². The van der Waals surface area contributed by atoms with Gasteiger partial charge in [0, 0.05) is 27.1 Å². The van der Waals surface area contributed by atoms with Crippen molar-refractivity contribution in [2.75, 3.05) is 0 Å². The molecule has 1 aromatic heterocycles. The summed E-state index contributed by atoms with van der Waals surface area (Å²) in [5.74, 6) is 0. The molecule has 0 bridgehead atoms. The molecule has 0 aliphatic rings. The zero-order valence-electron chi connectivity index (χ0n) is 25.7. The number of rotatable bonds is 5. The van der Waals surface area contributed by atoms with E-state index in [1.807, 2.05) is 0 Å². The van der Waals surface area contributed by atoms with E-state index in [1.54, 1.807) is 0 Å². The van der Waals surface area contributed by atoms with E-state index in [0.29, 0.717) is 0 Å². The van der Waals surface area contributed by atoms with Crippen molar-refractivity contribution in [3.05, 3.63) is 182 Å². The zero-order chi connectivity index (χ0) is 31.2. The van der Waals surface area contributed by atoms with Crippen molar-refractivity contribution >= 4 is 67.2 Å². The number of fused-ring (bicyclic) bond motifs is 6. The van der Waals surface area contributed by atoms with Crippen LogP contribution in [0, 0.1) is 0 Å². The van der Waals surface area contributed by atoms with Crippen molar-refractivity contribution in [3.63, 3.8) is 0 Å². The van der Waals surface area contributed by atoms with Crippen LogP contribution in [0.4, 0.5) is 0 Å². The summed E-state index contributed by atoms with van der Waals surface area (Å²) in [6.45, 7) is 0. The molecule has 0 saturated carbocycles. The summed E-state index contributed by atoms with van der Waals surface area (Å²) < 4.78 is 0. The molecule has 0 amide bonds. The quantitative estimate of drug-likeness (QED) is 0.107. The summed E-state index contributed by atoms with van der Waals surface area (Å²) >= 11 is 0. The Hall–Kier alpha value is -5.62. The molecule has 0 aliphatic carbocycles. The van der Waals surface area contributed by atoms with Crippen molar-refractivity contribution in [1.29, 1.82) is 0 Å². The maximum Gasteiger partial charge on any atom is 0.0794 e. The molecule has 0 spiro atoms. The minimum absolute atomic E-state index is 0.646. The van der Waals surface area contributed by atoms with Gasteiger partial charge in [0.05, 0.1) is 11.0 Å². The minimum atomic E-state index is -0.646. The van der Waals surface area contributed by atoms with Gasteiger partial charge >= 0.3 is 0 Å². The van der Waals surface area contributed by atoms with E-state index >= 15 is 0 Å². The van der Waals surface area contributed by atoms with Crippen molar-refractivity contribution in [3.8, 4) is 22.3 Å². The number of hydrogen-bond acceptors (Lipinski definition) is 1. The lowest BCUT2D eigenvalue weighted by Crippen LogP contribution is -2.20.